The van der Waals surface area contributed by atoms with Gasteiger partial charge in [0, 0.05) is 24.8 Å². The van der Waals surface area contributed by atoms with Crippen molar-refractivity contribution in [1.82, 2.24) is 0 Å². The molecule has 0 spiro atoms. The number of nitrogens with zero attached hydrogens (tertiary/aromatic N) is 1. The van der Waals surface area contributed by atoms with Gasteiger partial charge >= 0.3 is 0 Å². The molecule has 0 amide bonds. The van der Waals surface area contributed by atoms with Crippen molar-refractivity contribution < 1.29 is 5.11 Å². The molecule has 2 heteroatoms. The van der Waals surface area contributed by atoms with Crippen molar-refractivity contribution in [2.75, 3.05) is 18.5 Å². The molecule has 100 valence electrons. The Morgan fingerprint density at radius 2 is 1.79 bits per heavy atom. The Balaban J connectivity index is 2.05. The first kappa shape index (κ1) is 13.6. The molecule has 0 heterocycles. The molecule has 2 aromatic carbocycles. The highest BCUT2D eigenvalue weighted by molar-refractivity contribution is 5.54. The summed E-state index contributed by atoms with van der Waals surface area (Å²) < 4.78 is 0. The lowest BCUT2D eigenvalue weighted by molar-refractivity contribution is 0.282. The maximum absolute atomic E-state index is 9.45. The minimum absolute atomic E-state index is 0.0900. The molecule has 0 aromatic heterocycles. The molecule has 2 rings (SSSR count). The first-order valence-electron chi connectivity index (χ1n) is 6.66. The number of likely N-dealkylation sites (N-methyl/N-ethyl adjacent to an activating group) is 1. The maximum Gasteiger partial charge on any atom is 0.0702 e. The first-order valence-corrected chi connectivity index (χ1v) is 6.66. The Labute approximate surface area is 115 Å². The third-order valence-electron chi connectivity index (χ3n) is 3.40. The van der Waals surface area contributed by atoms with Crippen molar-refractivity contribution in [1.29, 1.82) is 0 Å². The van der Waals surface area contributed by atoms with E-state index >= 15 is 0 Å². The van der Waals surface area contributed by atoms with Crippen LogP contribution in [0.15, 0.2) is 48.5 Å². The van der Waals surface area contributed by atoms with Crippen LogP contribution >= 0.6 is 0 Å². The van der Waals surface area contributed by atoms with E-state index in [9.17, 15) is 5.11 Å². The second-order valence-electron chi connectivity index (χ2n) is 4.95. The lowest BCUT2D eigenvalue weighted by Gasteiger charge is -2.22. The highest BCUT2D eigenvalue weighted by atomic mass is 16.3. The minimum Gasteiger partial charge on any atom is -0.392 e. The molecule has 0 aliphatic rings. The number of hydrogen-bond acceptors (Lipinski definition) is 2. The SMILES string of the molecule is Cc1ccc(N(C)CCc2ccccc2)c(CO)c1. The van der Waals surface area contributed by atoms with Crippen LogP contribution in [-0.4, -0.2) is 18.7 Å². The molecule has 0 atom stereocenters. The van der Waals surface area contributed by atoms with Crippen LogP contribution in [0.25, 0.3) is 0 Å². The summed E-state index contributed by atoms with van der Waals surface area (Å²) in [5, 5.41) is 9.45. The second kappa shape index (κ2) is 6.39. The Morgan fingerprint density at radius 1 is 1.05 bits per heavy atom. The third-order valence-corrected chi connectivity index (χ3v) is 3.40. The van der Waals surface area contributed by atoms with Crippen LogP contribution in [0, 0.1) is 6.92 Å². The Bertz CT molecular complexity index is 522. The molecular formula is C17H21NO. The minimum atomic E-state index is 0.0900. The number of aryl methyl sites for hydroxylation is 1. The number of hydrogen-bond donors (Lipinski definition) is 1. The van der Waals surface area contributed by atoms with Crippen molar-refractivity contribution in [3.8, 4) is 0 Å². The van der Waals surface area contributed by atoms with Gasteiger partial charge in [0.15, 0.2) is 0 Å². The highest BCUT2D eigenvalue weighted by Gasteiger charge is 2.07. The quantitative estimate of drug-likeness (QED) is 0.887. The van der Waals surface area contributed by atoms with Crippen molar-refractivity contribution in [2.45, 2.75) is 20.0 Å². The van der Waals surface area contributed by atoms with Crippen molar-refractivity contribution in [3.63, 3.8) is 0 Å². The van der Waals surface area contributed by atoms with E-state index in [0.717, 1.165) is 24.2 Å². The molecule has 0 aliphatic carbocycles. The van der Waals surface area contributed by atoms with Crippen molar-refractivity contribution >= 4 is 5.69 Å². The van der Waals surface area contributed by atoms with Gasteiger partial charge in [0.05, 0.1) is 6.61 Å². The summed E-state index contributed by atoms with van der Waals surface area (Å²) in [6, 6.07) is 16.7. The molecule has 1 N–H and O–H groups in total. The van der Waals surface area contributed by atoms with Crippen LogP contribution in [0.4, 0.5) is 5.69 Å². The van der Waals surface area contributed by atoms with Gasteiger partial charge in [-0.25, -0.2) is 0 Å². The zero-order valence-electron chi connectivity index (χ0n) is 11.6. The van der Waals surface area contributed by atoms with Gasteiger partial charge in [-0.2, -0.15) is 0 Å². The van der Waals surface area contributed by atoms with Crippen LogP contribution in [0.1, 0.15) is 16.7 Å². The standard InChI is InChI=1S/C17H21NO/c1-14-8-9-17(16(12-14)13-19)18(2)11-10-15-6-4-3-5-7-15/h3-9,12,19H,10-11,13H2,1-2H3. The van der Waals surface area contributed by atoms with Crippen molar-refractivity contribution in [3.05, 3.63) is 65.2 Å². The second-order valence-corrected chi connectivity index (χ2v) is 4.95. The molecular weight excluding hydrogens is 234 g/mol. The highest BCUT2D eigenvalue weighted by Crippen LogP contribution is 2.21. The van der Waals surface area contributed by atoms with Crippen molar-refractivity contribution in [2.24, 2.45) is 0 Å². The summed E-state index contributed by atoms with van der Waals surface area (Å²) in [4.78, 5) is 2.21. The first-order chi connectivity index (χ1) is 9.20. The Hall–Kier alpha value is -1.80. The third kappa shape index (κ3) is 3.58. The molecule has 0 unspecified atom stereocenters. The number of benzene rings is 2. The molecule has 0 saturated heterocycles. The van der Waals surface area contributed by atoms with E-state index in [1.54, 1.807) is 0 Å². The van der Waals surface area contributed by atoms with Crippen LogP contribution < -0.4 is 4.90 Å². The van der Waals surface area contributed by atoms with Gasteiger partial charge in [0.1, 0.15) is 0 Å². The van der Waals surface area contributed by atoms with Gasteiger partial charge in [-0.1, -0.05) is 48.0 Å². The van der Waals surface area contributed by atoms with Gasteiger partial charge in [-0.3, -0.25) is 0 Å². The number of anilines is 1. The fourth-order valence-corrected chi connectivity index (χ4v) is 2.28. The normalized spacial score (nSPS) is 10.5. The van der Waals surface area contributed by atoms with E-state index in [-0.39, 0.29) is 6.61 Å². The van der Waals surface area contributed by atoms with Gasteiger partial charge in [-0.05, 0) is 25.0 Å². The summed E-state index contributed by atoms with van der Waals surface area (Å²) in [5.41, 5.74) is 4.64. The van der Waals surface area contributed by atoms with Gasteiger partial charge in [0.2, 0.25) is 0 Å². The van der Waals surface area contributed by atoms with Gasteiger partial charge in [-0.15, -0.1) is 0 Å². The number of rotatable bonds is 5. The average Bonchev–Trinajstić information content (AvgIpc) is 2.45. The summed E-state index contributed by atoms with van der Waals surface area (Å²) in [6.07, 6.45) is 1.01. The zero-order chi connectivity index (χ0) is 13.7. The fraction of sp³-hybridized carbons (Fsp3) is 0.294. The van der Waals surface area contributed by atoms with Gasteiger partial charge in [0.25, 0.3) is 0 Å². The fourth-order valence-electron chi connectivity index (χ4n) is 2.28. The Morgan fingerprint density at radius 3 is 2.47 bits per heavy atom. The average molecular weight is 255 g/mol. The molecule has 2 nitrogen and oxygen atoms in total. The van der Waals surface area contributed by atoms with E-state index in [0.29, 0.717) is 0 Å². The summed E-state index contributed by atoms with van der Waals surface area (Å²) in [6.45, 7) is 3.08. The van der Waals surface area contributed by atoms with E-state index in [1.807, 2.05) is 19.1 Å². The zero-order valence-corrected chi connectivity index (χ0v) is 11.6. The van der Waals surface area contributed by atoms with Gasteiger partial charge < -0.3 is 10.0 Å². The maximum atomic E-state index is 9.45. The summed E-state index contributed by atoms with van der Waals surface area (Å²) >= 11 is 0. The van der Waals surface area contributed by atoms with E-state index < -0.39 is 0 Å². The Kier molecular flexibility index (Phi) is 4.58. The van der Waals surface area contributed by atoms with E-state index in [1.165, 1.54) is 11.1 Å². The smallest absolute Gasteiger partial charge is 0.0702 e. The van der Waals surface area contributed by atoms with Crippen LogP contribution in [0.3, 0.4) is 0 Å². The molecule has 2 aromatic rings. The molecule has 0 saturated carbocycles. The summed E-state index contributed by atoms with van der Waals surface area (Å²) in [7, 11) is 2.08. The lowest BCUT2D eigenvalue weighted by Crippen LogP contribution is -2.21. The largest absolute Gasteiger partial charge is 0.392 e. The van der Waals surface area contributed by atoms with Crippen LogP contribution in [0.5, 0.6) is 0 Å². The van der Waals surface area contributed by atoms with Crippen LogP contribution in [-0.2, 0) is 13.0 Å². The molecule has 0 fully saturated rings. The van der Waals surface area contributed by atoms with E-state index in [2.05, 4.69) is 48.3 Å². The predicted octanol–water partition coefficient (Wildman–Crippen LogP) is 3.17. The number of aliphatic hydroxyl groups excluding tert-OH is 1. The molecule has 19 heavy (non-hydrogen) atoms. The molecule has 0 radical (unpaired) electrons. The topological polar surface area (TPSA) is 23.5 Å². The lowest BCUT2D eigenvalue weighted by atomic mass is 10.1. The number of aliphatic hydroxyl groups is 1. The van der Waals surface area contributed by atoms with E-state index in [4.69, 9.17) is 0 Å². The summed E-state index contributed by atoms with van der Waals surface area (Å²) in [5.74, 6) is 0. The van der Waals surface area contributed by atoms with Crippen LogP contribution in [0.2, 0.25) is 0 Å². The monoisotopic (exact) mass is 255 g/mol. The molecule has 0 bridgehead atoms. The molecule has 0 aliphatic heterocycles. The predicted molar refractivity (Wildman–Crippen MR) is 80.5 cm³/mol.